The van der Waals surface area contributed by atoms with E-state index < -0.39 is 29.5 Å². The maximum Gasteiger partial charge on any atom is 0.317 e. The molecule has 0 heterocycles. The summed E-state index contributed by atoms with van der Waals surface area (Å²) in [6.45, 7) is 3.04. The van der Waals surface area contributed by atoms with Crippen molar-refractivity contribution < 1.29 is 14.3 Å². The van der Waals surface area contributed by atoms with Crippen LogP contribution in [0.25, 0.3) is 0 Å². The number of nitriles is 2. The van der Waals surface area contributed by atoms with Crippen molar-refractivity contribution in [3.05, 3.63) is 35.9 Å². The molecular formula is C16H16N2O3. The standard InChI is InChI=1S/C16H16N2O3/c1-3-21-16(20)14(11(2)19)15(13(9-17)10-18)12-7-5-4-6-8-12/h4-8,13-15H,3H2,1-2H3/t14-,15+/m0/s1. The Balaban J connectivity index is 3.34. The molecule has 0 aliphatic carbocycles. The van der Waals surface area contributed by atoms with Crippen LogP contribution in [-0.4, -0.2) is 18.4 Å². The van der Waals surface area contributed by atoms with Gasteiger partial charge in [0, 0.05) is 5.92 Å². The molecule has 0 saturated carbocycles. The topological polar surface area (TPSA) is 90.9 Å². The molecule has 21 heavy (non-hydrogen) atoms. The van der Waals surface area contributed by atoms with Gasteiger partial charge >= 0.3 is 5.97 Å². The summed E-state index contributed by atoms with van der Waals surface area (Å²) in [5.41, 5.74) is 0.596. The van der Waals surface area contributed by atoms with Gasteiger partial charge in [-0.05, 0) is 19.4 Å². The largest absolute Gasteiger partial charge is 0.465 e. The highest BCUT2D eigenvalue weighted by atomic mass is 16.5. The highest BCUT2D eigenvalue weighted by molar-refractivity contribution is 5.99. The first kappa shape index (κ1) is 16.4. The first-order valence-corrected chi connectivity index (χ1v) is 6.58. The minimum atomic E-state index is -1.16. The summed E-state index contributed by atoms with van der Waals surface area (Å²) in [6.07, 6.45) is 0. The van der Waals surface area contributed by atoms with E-state index in [2.05, 4.69) is 0 Å². The van der Waals surface area contributed by atoms with Crippen molar-refractivity contribution in [2.24, 2.45) is 11.8 Å². The summed E-state index contributed by atoms with van der Waals surface area (Å²) in [6, 6.07) is 12.4. The van der Waals surface area contributed by atoms with Gasteiger partial charge in [0.2, 0.25) is 0 Å². The van der Waals surface area contributed by atoms with Crippen molar-refractivity contribution in [3.63, 3.8) is 0 Å². The molecule has 0 aromatic heterocycles. The smallest absolute Gasteiger partial charge is 0.317 e. The first-order chi connectivity index (χ1) is 10.1. The van der Waals surface area contributed by atoms with E-state index in [0.29, 0.717) is 5.56 Å². The van der Waals surface area contributed by atoms with Gasteiger partial charge in [-0.1, -0.05) is 30.3 Å². The fraction of sp³-hybridized carbons (Fsp3) is 0.375. The average Bonchev–Trinajstić information content (AvgIpc) is 2.48. The number of rotatable bonds is 6. The van der Waals surface area contributed by atoms with E-state index in [1.165, 1.54) is 6.92 Å². The quantitative estimate of drug-likeness (QED) is 0.590. The average molecular weight is 284 g/mol. The van der Waals surface area contributed by atoms with Crippen LogP contribution in [0.3, 0.4) is 0 Å². The molecule has 0 amide bonds. The van der Waals surface area contributed by atoms with E-state index in [0.717, 1.165) is 0 Å². The maximum atomic E-state index is 12.1. The lowest BCUT2D eigenvalue weighted by Crippen LogP contribution is -2.33. The van der Waals surface area contributed by atoms with E-state index in [1.54, 1.807) is 37.3 Å². The number of Topliss-reactive ketones (excluding diaryl/α,β-unsaturated/α-hetero) is 1. The lowest BCUT2D eigenvalue weighted by atomic mass is 9.76. The van der Waals surface area contributed by atoms with E-state index in [9.17, 15) is 9.59 Å². The van der Waals surface area contributed by atoms with Crippen LogP contribution in [0.15, 0.2) is 30.3 Å². The minimum Gasteiger partial charge on any atom is -0.465 e. The Morgan fingerprint density at radius 1 is 1.19 bits per heavy atom. The molecule has 1 aromatic rings. The number of carbonyl (C=O) groups excluding carboxylic acids is 2. The van der Waals surface area contributed by atoms with E-state index >= 15 is 0 Å². The Kier molecular flexibility index (Phi) is 6.10. The molecule has 1 rings (SSSR count). The Morgan fingerprint density at radius 2 is 1.76 bits per heavy atom. The molecule has 5 nitrogen and oxygen atoms in total. The van der Waals surface area contributed by atoms with Crippen molar-refractivity contribution in [1.29, 1.82) is 10.5 Å². The van der Waals surface area contributed by atoms with Crippen LogP contribution in [0.2, 0.25) is 0 Å². The third-order valence-corrected chi connectivity index (χ3v) is 3.16. The van der Waals surface area contributed by atoms with Crippen LogP contribution in [0, 0.1) is 34.5 Å². The van der Waals surface area contributed by atoms with E-state index in [4.69, 9.17) is 15.3 Å². The predicted octanol–water partition coefficient (Wildman–Crippen LogP) is 2.20. The Hall–Kier alpha value is -2.66. The van der Waals surface area contributed by atoms with Gasteiger partial charge in [0.15, 0.2) is 0 Å². The van der Waals surface area contributed by atoms with Gasteiger partial charge in [0.1, 0.15) is 17.6 Å². The molecule has 0 N–H and O–H groups in total. The van der Waals surface area contributed by atoms with Crippen molar-refractivity contribution in [3.8, 4) is 12.1 Å². The first-order valence-electron chi connectivity index (χ1n) is 6.58. The number of ether oxygens (including phenoxy) is 1. The van der Waals surface area contributed by atoms with Crippen LogP contribution in [-0.2, 0) is 14.3 Å². The van der Waals surface area contributed by atoms with Crippen LogP contribution < -0.4 is 0 Å². The highest BCUT2D eigenvalue weighted by Gasteiger charge is 2.40. The van der Waals surface area contributed by atoms with Gasteiger partial charge in [-0.3, -0.25) is 9.59 Å². The van der Waals surface area contributed by atoms with Gasteiger partial charge in [0.05, 0.1) is 18.7 Å². The van der Waals surface area contributed by atoms with Crippen molar-refractivity contribution in [2.75, 3.05) is 6.61 Å². The van der Waals surface area contributed by atoms with Crippen LogP contribution >= 0.6 is 0 Å². The molecule has 0 spiro atoms. The number of hydrogen-bond donors (Lipinski definition) is 0. The molecule has 5 heteroatoms. The minimum absolute atomic E-state index is 0.133. The normalized spacial score (nSPS) is 12.8. The summed E-state index contributed by atoms with van der Waals surface area (Å²) in [4.78, 5) is 24.0. The molecule has 1 aromatic carbocycles. The molecule has 0 fully saturated rings. The maximum absolute atomic E-state index is 12.1. The number of benzene rings is 1. The lowest BCUT2D eigenvalue weighted by Gasteiger charge is -2.24. The van der Waals surface area contributed by atoms with Gasteiger partial charge in [-0.2, -0.15) is 10.5 Å². The number of carbonyl (C=O) groups is 2. The third-order valence-electron chi connectivity index (χ3n) is 3.16. The zero-order valence-corrected chi connectivity index (χ0v) is 11.9. The second-order valence-corrected chi connectivity index (χ2v) is 4.51. The Morgan fingerprint density at radius 3 is 2.19 bits per heavy atom. The zero-order chi connectivity index (χ0) is 15.8. The SMILES string of the molecule is CCOC(=O)[C@@H](C(C)=O)[C@H](c1ccccc1)C(C#N)C#N. The molecule has 0 saturated heterocycles. The summed E-state index contributed by atoms with van der Waals surface area (Å²) in [5, 5.41) is 18.3. The van der Waals surface area contributed by atoms with E-state index in [-0.39, 0.29) is 6.61 Å². The highest BCUT2D eigenvalue weighted by Crippen LogP contribution is 2.33. The lowest BCUT2D eigenvalue weighted by molar-refractivity contribution is -0.152. The van der Waals surface area contributed by atoms with Gasteiger partial charge in [-0.25, -0.2) is 0 Å². The van der Waals surface area contributed by atoms with E-state index in [1.807, 2.05) is 12.1 Å². The third kappa shape index (κ3) is 3.90. The van der Waals surface area contributed by atoms with Gasteiger partial charge in [0.25, 0.3) is 0 Å². The number of nitrogens with zero attached hydrogens (tertiary/aromatic N) is 2. The zero-order valence-electron chi connectivity index (χ0n) is 11.9. The molecule has 0 unspecified atom stereocenters. The summed E-state index contributed by atoms with van der Waals surface area (Å²) >= 11 is 0. The second kappa shape index (κ2) is 7.81. The van der Waals surface area contributed by atoms with Gasteiger partial charge in [-0.15, -0.1) is 0 Å². The predicted molar refractivity (Wildman–Crippen MR) is 74.7 cm³/mol. The molecule has 0 aliphatic rings. The van der Waals surface area contributed by atoms with Gasteiger partial charge < -0.3 is 4.74 Å². The fourth-order valence-electron chi connectivity index (χ4n) is 2.24. The monoisotopic (exact) mass is 284 g/mol. The second-order valence-electron chi connectivity index (χ2n) is 4.51. The number of hydrogen-bond acceptors (Lipinski definition) is 5. The Labute approximate surface area is 123 Å². The summed E-state index contributed by atoms with van der Waals surface area (Å²) in [7, 11) is 0. The molecule has 0 aliphatic heterocycles. The molecule has 0 bridgehead atoms. The van der Waals surface area contributed by atoms with Crippen LogP contribution in [0.5, 0.6) is 0 Å². The number of esters is 1. The number of ketones is 1. The van der Waals surface area contributed by atoms with Crippen LogP contribution in [0.1, 0.15) is 25.3 Å². The Bertz CT molecular complexity index is 570. The van der Waals surface area contributed by atoms with Crippen LogP contribution in [0.4, 0.5) is 0 Å². The molecule has 108 valence electrons. The molecule has 0 radical (unpaired) electrons. The van der Waals surface area contributed by atoms with Crippen molar-refractivity contribution in [2.45, 2.75) is 19.8 Å². The molecular weight excluding hydrogens is 268 g/mol. The summed E-state index contributed by atoms with van der Waals surface area (Å²) < 4.78 is 4.93. The molecule has 2 atom stereocenters. The van der Waals surface area contributed by atoms with Crippen molar-refractivity contribution >= 4 is 11.8 Å². The fourth-order valence-corrected chi connectivity index (χ4v) is 2.24. The summed E-state index contributed by atoms with van der Waals surface area (Å²) in [5.74, 6) is -4.22. The van der Waals surface area contributed by atoms with Crippen molar-refractivity contribution in [1.82, 2.24) is 0 Å².